The molecule has 0 unspecified atom stereocenters. The van der Waals surface area contributed by atoms with Crippen LogP contribution in [0.15, 0.2) is 17.0 Å². The van der Waals surface area contributed by atoms with E-state index in [1.165, 1.54) is 25.7 Å². The third-order valence-electron chi connectivity index (χ3n) is 3.60. The second kappa shape index (κ2) is 4.45. The van der Waals surface area contributed by atoms with Crippen LogP contribution in [0.3, 0.4) is 0 Å². The zero-order valence-corrected chi connectivity index (χ0v) is 11.4. The number of aromatic nitrogens is 1. The van der Waals surface area contributed by atoms with E-state index in [0.717, 1.165) is 12.3 Å². The van der Waals surface area contributed by atoms with Gasteiger partial charge in [-0.1, -0.05) is 27.7 Å². The van der Waals surface area contributed by atoms with Gasteiger partial charge in [-0.05, 0) is 30.1 Å². The first-order valence-corrected chi connectivity index (χ1v) is 6.47. The summed E-state index contributed by atoms with van der Waals surface area (Å²) in [7, 11) is 0. The molecular formula is C14H24N2O. The van der Waals surface area contributed by atoms with Gasteiger partial charge >= 0.3 is 0 Å². The summed E-state index contributed by atoms with van der Waals surface area (Å²) in [5, 5.41) is 3.60. The molecule has 1 fully saturated rings. The van der Waals surface area contributed by atoms with Crippen molar-refractivity contribution in [1.82, 2.24) is 10.3 Å². The molecule has 0 saturated heterocycles. The monoisotopic (exact) mass is 236 g/mol. The predicted molar refractivity (Wildman–Crippen MR) is 68.5 cm³/mol. The lowest BCUT2D eigenvalue weighted by atomic mass is 9.63. The Morgan fingerprint density at radius 2 is 1.94 bits per heavy atom. The summed E-state index contributed by atoms with van der Waals surface area (Å²) in [4.78, 5) is 3.94. The molecule has 1 aliphatic rings. The Labute approximate surface area is 104 Å². The van der Waals surface area contributed by atoms with Crippen LogP contribution in [0.5, 0.6) is 0 Å². The molecule has 17 heavy (non-hydrogen) atoms. The summed E-state index contributed by atoms with van der Waals surface area (Å²) in [5.41, 5.74) is 0.863. The van der Waals surface area contributed by atoms with E-state index >= 15 is 0 Å². The minimum Gasteiger partial charge on any atom is -0.447 e. The van der Waals surface area contributed by atoms with Crippen molar-refractivity contribution in [3.8, 4) is 0 Å². The molecule has 0 radical (unpaired) electrons. The maximum absolute atomic E-state index is 5.25. The van der Waals surface area contributed by atoms with Crippen LogP contribution in [0.2, 0.25) is 0 Å². The normalized spacial score (nSPS) is 23.8. The topological polar surface area (TPSA) is 38.1 Å². The molecule has 0 atom stereocenters. The molecule has 1 N–H and O–H groups in total. The molecule has 1 heterocycles. The molecule has 0 aliphatic heterocycles. The number of nitrogens with one attached hydrogen (secondary N) is 1. The van der Waals surface area contributed by atoms with E-state index in [4.69, 9.17) is 4.42 Å². The van der Waals surface area contributed by atoms with Crippen molar-refractivity contribution in [1.29, 1.82) is 0 Å². The van der Waals surface area contributed by atoms with Crippen molar-refractivity contribution in [3.63, 3.8) is 0 Å². The van der Waals surface area contributed by atoms with Crippen molar-refractivity contribution < 1.29 is 4.42 Å². The highest BCUT2D eigenvalue weighted by Gasteiger charge is 2.38. The lowest BCUT2D eigenvalue weighted by Gasteiger charge is -2.45. The Kier molecular flexibility index (Phi) is 3.30. The van der Waals surface area contributed by atoms with Gasteiger partial charge in [0.05, 0.1) is 12.7 Å². The van der Waals surface area contributed by atoms with Gasteiger partial charge in [-0.25, -0.2) is 4.98 Å². The fourth-order valence-electron chi connectivity index (χ4n) is 3.56. The van der Waals surface area contributed by atoms with E-state index in [2.05, 4.69) is 38.0 Å². The molecule has 96 valence electrons. The second-order valence-electron chi connectivity index (χ2n) is 6.96. The lowest BCUT2D eigenvalue weighted by Crippen LogP contribution is -2.43. The Morgan fingerprint density at radius 1 is 1.29 bits per heavy atom. The highest BCUT2D eigenvalue weighted by molar-refractivity contribution is 4.94. The summed E-state index contributed by atoms with van der Waals surface area (Å²) in [6.45, 7) is 10.3. The summed E-state index contributed by atoms with van der Waals surface area (Å²) in [6.07, 6.45) is 7.06. The highest BCUT2D eigenvalue weighted by atomic mass is 16.3. The Morgan fingerprint density at radius 3 is 2.47 bits per heavy atom. The molecule has 0 bridgehead atoms. The molecule has 1 aromatic heterocycles. The van der Waals surface area contributed by atoms with Gasteiger partial charge in [0.1, 0.15) is 5.76 Å². The molecule has 0 spiro atoms. The van der Waals surface area contributed by atoms with Gasteiger partial charge in [0.2, 0.25) is 0 Å². The molecule has 1 aliphatic carbocycles. The second-order valence-corrected chi connectivity index (χ2v) is 6.96. The van der Waals surface area contributed by atoms with Gasteiger partial charge in [0.25, 0.3) is 0 Å². The van der Waals surface area contributed by atoms with Crippen molar-refractivity contribution in [3.05, 3.63) is 18.4 Å². The average Bonchev–Trinajstić information content (AvgIpc) is 2.61. The van der Waals surface area contributed by atoms with E-state index < -0.39 is 0 Å². The van der Waals surface area contributed by atoms with E-state index in [0.29, 0.717) is 16.9 Å². The van der Waals surface area contributed by atoms with E-state index in [1.54, 1.807) is 6.20 Å². The molecule has 2 rings (SSSR count). The molecule has 3 nitrogen and oxygen atoms in total. The predicted octanol–water partition coefficient (Wildman–Crippen LogP) is 3.37. The summed E-state index contributed by atoms with van der Waals surface area (Å²) >= 11 is 0. The van der Waals surface area contributed by atoms with Gasteiger partial charge in [-0.15, -0.1) is 0 Å². The molecular weight excluding hydrogens is 212 g/mol. The van der Waals surface area contributed by atoms with Crippen molar-refractivity contribution in [2.45, 2.75) is 59.5 Å². The van der Waals surface area contributed by atoms with Crippen LogP contribution in [0.4, 0.5) is 0 Å². The summed E-state index contributed by atoms with van der Waals surface area (Å²) in [5.74, 6) is 0.922. The molecule has 1 aromatic rings. The minimum atomic E-state index is 0.431. The van der Waals surface area contributed by atoms with Crippen LogP contribution < -0.4 is 5.32 Å². The Balaban J connectivity index is 1.92. The SMILES string of the molecule is CC1(C)CC(NCc2cnco2)CC(C)(C)C1. The number of rotatable bonds is 3. The first kappa shape index (κ1) is 12.6. The van der Waals surface area contributed by atoms with Crippen LogP contribution >= 0.6 is 0 Å². The number of hydrogen-bond donors (Lipinski definition) is 1. The molecule has 0 amide bonds. The van der Waals surface area contributed by atoms with Crippen molar-refractivity contribution in [2.75, 3.05) is 0 Å². The maximum Gasteiger partial charge on any atom is 0.180 e. The summed E-state index contributed by atoms with van der Waals surface area (Å²) < 4.78 is 5.25. The summed E-state index contributed by atoms with van der Waals surface area (Å²) in [6, 6.07) is 0.582. The molecule has 0 aromatic carbocycles. The number of oxazole rings is 1. The smallest absolute Gasteiger partial charge is 0.180 e. The number of nitrogens with zero attached hydrogens (tertiary/aromatic N) is 1. The zero-order chi connectivity index (χ0) is 12.5. The van der Waals surface area contributed by atoms with Crippen LogP contribution in [-0.2, 0) is 6.54 Å². The van der Waals surface area contributed by atoms with E-state index in [9.17, 15) is 0 Å². The highest BCUT2D eigenvalue weighted by Crippen LogP contribution is 2.45. The fourth-order valence-corrected chi connectivity index (χ4v) is 3.56. The van der Waals surface area contributed by atoms with Gasteiger partial charge in [0.15, 0.2) is 6.39 Å². The molecule has 1 saturated carbocycles. The van der Waals surface area contributed by atoms with E-state index in [1.807, 2.05) is 0 Å². The van der Waals surface area contributed by atoms with Crippen molar-refractivity contribution >= 4 is 0 Å². The fraction of sp³-hybridized carbons (Fsp3) is 0.786. The Hall–Kier alpha value is -0.830. The van der Waals surface area contributed by atoms with Crippen molar-refractivity contribution in [2.24, 2.45) is 10.8 Å². The van der Waals surface area contributed by atoms with Gasteiger partial charge < -0.3 is 9.73 Å². The van der Waals surface area contributed by atoms with Gasteiger partial charge in [-0.2, -0.15) is 0 Å². The first-order valence-electron chi connectivity index (χ1n) is 6.47. The quantitative estimate of drug-likeness (QED) is 0.874. The lowest BCUT2D eigenvalue weighted by molar-refractivity contribution is 0.0837. The van der Waals surface area contributed by atoms with E-state index in [-0.39, 0.29) is 0 Å². The van der Waals surface area contributed by atoms with Gasteiger partial charge in [0, 0.05) is 6.04 Å². The third-order valence-corrected chi connectivity index (χ3v) is 3.60. The Bertz CT molecular complexity index is 338. The largest absolute Gasteiger partial charge is 0.447 e. The standard InChI is InChI=1S/C14H24N2O/c1-13(2)5-11(6-14(3,4)9-13)16-8-12-7-15-10-17-12/h7,10-11,16H,5-6,8-9H2,1-4H3. The average molecular weight is 236 g/mol. The number of hydrogen-bond acceptors (Lipinski definition) is 3. The van der Waals surface area contributed by atoms with Crippen LogP contribution in [-0.4, -0.2) is 11.0 Å². The first-order chi connectivity index (χ1) is 7.86. The maximum atomic E-state index is 5.25. The van der Waals surface area contributed by atoms with Gasteiger partial charge in [-0.3, -0.25) is 0 Å². The van der Waals surface area contributed by atoms with Crippen LogP contribution in [0.25, 0.3) is 0 Å². The zero-order valence-electron chi connectivity index (χ0n) is 11.4. The third kappa shape index (κ3) is 3.56. The minimum absolute atomic E-state index is 0.431. The van der Waals surface area contributed by atoms with Crippen LogP contribution in [0, 0.1) is 10.8 Å². The van der Waals surface area contributed by atoms with Crippen LogP contribution in [0.1, 0.15) is 52.7 Å². The molecule has 3 heteroatoms.